The molecule has 1 aromatic heterocycles. The van der Waals surface area contributed by atoms with Crippen molar-refractivity contribution in [3.63, 3.8) is 0 Å². The van der Waals surface area contributed by atoms with Crippen LogP contribution in [0.5, 0.6) is 0 Å². The Morgan fingerprint density at radius 2 is 2.07 bits per heavy atom. The molecular formula is C10H14N2O2. The topological polar surface area (TPSA) is 52.1 Å². The second-order valence-corrected chi connectivity index (χ2v) is 2.88. The molecule has 76 valence electrons. The molecule has 0 saturated carbocycles. The first-order valence-electron chi connectivity index (χ1n) is 4.71. The van der Waals surface area contributed by atoms with E-state index in [9.17, 15) is 4.79 Å². The van der Waals surface area contributed by atoms with E-state index in [0.717, 1.165) is 5.56 Å². The minimum Gasteiger partial charge on any atom is -0.466 e. The first kappa shape index (κ1) is 10.6. The third-order valence-corrected chi connectivity index (χ3v) is 1.96. The van der Waals surface area contributed by atoms with E-state index in [2.05, 4.69) is 9.97 Å². The van der Waals surface area contributed by atoms with Crippen LogP contribution < -0.4 is 0 Å². The van der Waals surface area contributed by atoms with Crippen LogP contribution in [0, 0.1) is 0 Å². The Morgan fingerprint density at radius 1 is 1.43 bits per heavy atom. The molecule has 0 amide bonds. The lowest BCUT2D eigenvalue weighted by Gasteiger charge is -2.12. The van der Waals surface area contributed by atoms with Crippen molar-refractivity contribution < 1.29 is 9.53 Å². The molecule has 0 aromatic carbocycles. The predicted octanol–water partition coefficient (Wildman–Crippen LogP) is 1.53. The van der Waals surface area contributed by atoms with Gasteiger partial charge in [0.1, 0.15) is 6.33 Å². The number of nitrogens with zero attached hydrogens (tertiary/aromatic N) is 2. The summed E-state index contributed by atoms with van der Waals surface area (Å²) in [6, 6.07) is 0. The zero-order valence-corrected chi connectivity index (χ0v) is 8.43. The van der Waals surface area contributed by atoms with Crippen LogP contribution in [0.3, 0.4) is 0 Å². The summed E-state index contributed by atoms with van der Waals surface area (Å²) in [6.07, 6.45) is 5.45. The van der Waals surface area contributed by atoms with E-state index in [1.165, 1.54) is 6.33 Å². The SMILES string of the molecule is CCOC(=O)C(CC)c1cncnc1. The molecule has 1 unspecified atom stereocenters. The van der Waals surface area contributed by atoms with Crippen molar-refractivity contribution in [1.82, 2.24) is 9.97 Å². The van der Waals surface area contributed by atoms with Gasteiger partial charge in [-0.3, -0.25) is 4.79 Å². The number of carbonyl (C=O) groups excluding carboxylic acids is 1. The molecule has 0 spiro atoms. The van der Waals surface area contributed by atoms with Gasteiger partial charge in [-0.15, -0.1) is 0 Å². The van der Waals surface area contributed by atoms with Gasteiger partial charge in [-0.25, -0.2) is 9.97 Å². The Kier molecular flexibility index (Phi) is 4.04. The maximum absolute atomic E-state index is 11.5. The summed E-state index contributed by atoms with van der Waals surface area (Å²) in [5, 5.41) is 0. The molecule has 0 aliphatic carbocycles. The lowest BCUT2D eigenvalue weighted by atomic mass is 10.00. The first-order valence-corrected chi connectivity index (χ1v) is 4.71. The Morgan fingerprint density at radius 3 is 2.57 bits per heavy atom. The van der Waals surface area contributed by atoms with Gasteiger partial charge in [0.15, 0.2) is 0 Å². The van der Waals surface area contributed by atoms with Crippen LogP contribution in [-0.4, -0.2) is 22.5 Å². The van der Waals surface area contributed by atoms with Crippen LogP contribution in [0.15, 0.2) is 18.7 Å². The fraction of sp³-hybridized carbons (Fsp3) is 0.500. The van der Waals surface area contributed by atoms with E-state index >= 15 is 0 Å². The molecule has 0 N–H and O–H groups in total. The van der Waals surface area contributed by atoms with E-state index in [1.807, 2.05) is 6.92 Å². The maximum Gasteiger partial charge on any atom is 0.313 e. The highest BCUT2D eigenvalue weighted by Crippen LogP contribution is 2.18. The Labute approximate surface area is 83.3 Å². The summed E-state index contributed by atoms with van der Waals surface area (Å²) in [7, 11) is 0. The maximum atomic E-state index is 11.5. The lowest BCUT2D eigenvalue weighted by Crippen LogP contribution is -2.15. The quantitative estimate of drug-likeness (QED) is 0.682. The van der Waals surface area contributed by atoms with E-state index in [0.29, 0.717) is 13.0 Å². The van der Waals surface area contributed by atoms with Crippen molar-refractivity contribution >= 4 is 5.97 Å². The fourth-order valence-electron chi connectivity index (χ4n) is 1.27. The number of esters is 1. The second kappa shape index (κ2) is 5.32. The molecule has 0 aliphatic heterocycles. The molecule has 14 heavy (non-hydrogen) atoms. The molecule has 4 nitrogen and oxygen atoms in total. The van der Waals surface area contributed by atoms with Crippen molar-refractivity contribution in [2.45, 2.75) is 26.2 Å². The third kappa shape index (κ3) is 2.52. The van der Waals surface area contributed by atoms with Gasteiger partial charge >= 0.3 is 5.97 Å². The van der Waals surface area contributed by atoms with E-state index in [-0.39, 0.29) is 11.9 Å². The summed E-state index contributed by atoms with van der Waals surface area (Å²) < 4.78 is 4.95. The van der Waals surface area contributed by atoms with Crippen LogP contribution >= 0.6 is 0 Å². The molecule has 0 fully saturated rings. The zero-order chi connectivity index (χ0) is 10.4. The highest BCUT2D eigenvalue weighted by atomic mass is 16.5. The summed E-state index contributed by atoms with van der Waals surface area (Å²) in [6.45, 7) is 4.14. The van der Waals surface area contributed by atoms with Gasteiger partial charge in [-0.1, -0.05) is 6.92 Å². The van der Waals surface area contributed by atoms with E-state index in [4.69, 9.17) is 4.74 Å². The van der Waals surface area contributed by atoms with Crippen LogP contribution in [-0.2, 0) is 9.53 Å². The molecule has 1 aromatic rings. The Balaban J connectivity index is 2.77. The first-order chi connectivity index (χ1) is 6.79. The van der Waals surface area contributed by atoms with Crippen molar-refractivity contribution in [1.29, 1.82) is 0 Å². The molecule has 1 heterocycles. The minimum atomic E-state index is -0.240. The number of ether oxygens (including phenoxy) is 1. The van der Waals surface area contributed by atoms with Crippen molar-refractivity contribution in [2.75, 3.05) is 6.61 Å². The summed E-state index contributed by atoms with van der Waals surface area (Å²) in [5.41, 5.74) is 0.813. The second-order valence-electron chi connectivity index (χ2n) is 2.88. The van der Waals surface area contributed by atoms with E-state index < -0.39 is 0 Å². The summed E-state index contributed by atoms with van der Waals surface area (Å²) in [5.74, 6) is -0.444. The van der Waals surface area contributed by atoms with Crippen molar-refractivity contribution in [2.24, 2.45) is 0 Å². The minimum absolute atomic E-state index is 0.204. The molecular weight excluding hydrogens is 180 g/mol. The van der Waals surface area contributed by atoms with Crippen molar-refractivity contribution in [3.05, 3.63) is 24.3 Å². The standard InChI is InChI=1S/C10H14N2O2/c1-3-9(10(13)14-4-2)8-5-11-7-12-6-8/h5-7,9H,3-4H2,1-2H3. The molecule has 1 rings (SSSR count). The Hall–Kier alpha value is -1.45. The third-order valence-electron chi connectivity index (χ3n) is 1.96. The van der Waals surface area contributed by atoms with Gasteiger partial charge in [-0.2, -0.15) is 0 Å². The Bertz CT molecular complexity index is 287. The van der Waals surface area contributed by atoms with Gasteiger partial charge in [0, 0.05) is 18.0 Å². The molecule has 4 heteroatoms. The summed E-state index contributed by atoms with van der Waals surface area (Å²) >= 11 is 0. The number of carbonyl (C=O) groups is 1. The molecule has 0 bridgehead atoms. The molecule has 0 aliphatic rings. The predicted molar refractivity (Wildman–Crippen MR) is 51.7 cm³/mol. The lowest BCUT2D eigenvalue weighted by molar-refractivity contribution is -0.145. The fourth-order valence-corrected chi connectivity index (χ4v) is 1.27. The molecule has 0 saturated heterocycles. The van der Waals surface area contributed by atoms with Gasteiger partial charge in [-0.05, 0) is 13.3 Å². The monoisotopic (exact) mass is 194 g/mol. The van der Waals surface area contributed by atoms with Crippen LogP contribution in [0.2, 0.25) is 0 Å². The number of aromatic nitrogens is 2. The van der Waals surface area contributed by atoms with Gasteiger partial charge in [0.2, 0.25) is 0 Å². The zero-order valence-electron chi connectivity index (χ0n) is 8.43. The largest absolute Gasteiger partial charge is 0.466 e. The average Bonchev–Trinajstić information content (AvgIpc) is 2.21. The molecule has 1 atom stereocenters. The van der Waals surface area contributed by atoms with Crippen molar-refractivity contribution in [3.8, 4) is 0 Å². The van der Waals surface area contributed by atoms with E-state index in [1.54, 1.807) is 19.3 Å². The smallest absolute Gasteiger partial charge is 0.313 e. The number of hydrogen-bond acceptors (Lipinski definition) is 4. The van der Waals surface area contributed by atoms with Gasteiger partial charge in [0.25, 0.3) is 0 Å². The van der Waals surface area contributed by atoms with Crippen LogP contribution in [0.4, 0.5) is 0 Å². The number of hydrogen-bond donors (Lipinski definition) is 0. The van der Waals surface area contributed by atoms with Gasteiger partial charge in [0.05, 0.1) is 12.5 Å². The normalized spacial score (nSPS) is 12.1. The van der Waals surface area contributed by atoms with Gasteiger partial charge < -0.3 is 4.74 Å². The molecule has 0 radical (unpaired) electrons. The highest BCUT2D eigenvalue weighted by Gasteiger charge is 2.19. The van der Waals surface area contributed by atoms with Crippen LogP contribution in [0.25, 0.3) is 0 Å². The highest BCUT2D eigenvalue weighted by molar-refractivity contribution is 5.77. The average molecular weight is 194 g/mol. The summed E-state index contributed by atoms with van der Waals surface area (Å²) in [4.78, 5) is 19.3. The van der Waals surface area contributed by atoms with Crippen LogP contribution in [0.1, 0.15) is 31.7 Å². The number of rotatable bonds is 4.